The molecule has 0 spiro atoms. The van der Waals surface area contributed by atoms with E-state index < -0.39 is 9.85 Å². The summed E-state index contributed by atoms with van der Waals surface area (Å²) in [4.78, 5) is 20.5. The van der Waals surface area contributed by atoms with Crippen LogP contribution in [0.3, 0.4) is 0 Å². The van der Waals surface area contributed by atoms with Crippen LogP contribution < -0.4 is 5.32 Å². The van der Waals surface area contributed by atoms with Crippen molar-refractivity contribution in [3.8, 4) is 0 Å². The fourth-order valence-electron chi connectivity index (χ4n) is 1.74. The Balaban J connectivity index is 2.11. The van der Waals surface area contributed by atoms with E-state index in [1.807, 2.05) is 22.6 Å². The molecule has 0 radical (unpaired) electrons. The average Bonchev–Trinajstić information content (AvgIpc) is 2.46. The lowest BCUT2D eigenvalue weighted by atomic mass is 10.2. The van der Waals surface area contributed by atoms with Crippen molar-refractivity contribution in [2.75, 3.05) is 5.32 Å². The van der Waals surface area contributed by atoms with Crippen LogP contribution in [0.5, 0.6) is 0 Å². The average molecular weight is 399 g/mol. The molecule has 1 N–H and O–H groups in total. The van der Waals surface area contributed by atoms with Crippen LogP contribution >= 0.6 is 22.6 Å². The van der Waals surface area contributed by atoms with E-state index in [1.165, 1.54) is 24.3 Å². The zero-order chi connectivity index (χ0) is 15.4. The van der Waals surface area contributed by atoms with Crippen LogP contribution in [0.4, 0.5) is 17.1 Å². The number of anilines is 1. The molecule has 7 nitrogen and oxygen atoms in total. The Morgan fingerprint density at radius 3 is 2.29 bits per heavy atom. The maximum Gasteiger partial charge on any atom is 0.270 e. The Bertz CT molecular complexity index is 706. The van der Waals surface area contributed by atoms with Gasteiger partial charge in [-0.05, 0) is 34.2 Å². The predicted molar refractivity (Wildman–Crippen MR) is 86.2 cm³/mol. The van der Waals surface area contributed by atoms with Crippen molar-refractivity contribution in [1.82, 2.24) is 0 Å². The summed E-state index contributed by atoms with van der Waals surface area (Å²) in [5.74, 6) is 0. The third-order valence-corrected chi connectivity index (χ3v) is 3.66. The fraction of sp³-hybridized carbons (Fsp3) is 0.0769. The minimum absolute atomic E-state index is 0.0281. The molecule has 0 aliphatic rings. The molecule has 0 saturated carbocycles. The zero-order valence-corrected chi connectivity index (χ0v) is 12.8. The molecule has 0 amide bonds. The number of nitrogens with one attached hydrogen (secondary N) is 1. The number of nitro benzene ring substituents is 2. The van der Waals surface area contributed by atoms with Gasteiger partial charge in [-0.3, -0.25) is 20.2 Å². The maximum atomic E-state index is 10.7. The van der Waals surface area contributed by atoms with Crippen LogP contribution in [-0.4, -0.2) is 9.85 Å². The first-order chi connectivity index (χ1) is 9.97. The Kier molecular flexibility index (Phi) is 4.68. The van der Waals surface area contributed by atoms with Gasteiger partial charge in [-0.15, -0.1) is 0 Å². The quantitative estimate of drug-likeness (QED) is 0.470. The minimum Gasteiger partial charge on any atom is -0.380 e. The fourth-order valence-corrected chi connectivity index (χ4v) is 2.43. The van der Waals surface area contributed by atoms with Crippen LogP contribution in [0, 0.1) is 23.8 Å². The molecular weight excluding hydrogens is 389 g/mol. The van der Waals surface area contributed by atoms with Gasteiger partial charge in [0, 0.05) is 40.1 Å². The highest BCUT2D eigenvalue weighted by molar-refractivity contribution is 14.1. The summed E-state index contributed by atoms with van der Waals surface area (Å²) < 4.78 is 0.715. The number of non-ortho nitro benzene ring substituents is 2. The molecule has 0 bridgehead atoms. The third kappa shape index (κ3) is 3.88. The van der Waals surface area contributed by atoms with Gasteiger partial charge in [0.2, 0.25) is 0 Å². The van der Waals surface area contributed by atoms with Crippen molar-refractivity contribution in [2.24, 2.45) is 0 Å². The molecule has 0 aliphatic heterocycles. The molecule has 0 aliphatic carbocycles. The molecule has 0 atom stereocenters. The molecule has 2 rings (SSSR count). The molecule has 0 saturated heterocycles. The second-order valence-electron chi connectivity index (χ2n) is 4.20. The first kappa shape index (κ1) is 15.2. The summed E-state index contributed by atoms with van der Waals surface area (Å²) in [7, 11) is 0. The summed E-state index contributed by atoms with van der Waals surface area (Å²) in [6.07, 6.45) is 0. The molecule has 2 aromatic carbocycles. The van der Waals surface area contributed by atoms with Crippen LogP contribution in [0.2, 0.25) is 0 Å². The largest absolute Gasteiger partial charge is 0.380 e. The Morgan fingerprint density at radius 2 is 1.67 bits per heavy atom. The molecule has 0 aromatic heterocycles. The summed E-state index contributed by atoms with van der Waals surface area (Å²) in [5.41, 5.74) is 1.57. The second kappa shape index (κ2) is 6.48. The lowest BCUT2D eigenvalue weighted by molar-refractivity contribution is -0.385. The SMILES string of the molecule is O=[N+]([O-])c1cccc(CNc2ccc([N+](=O)[O-])cc2I)c1. The zero-order valence-electron chi connectivity index (χ0n) is 10.7. The molecule has 108 valence electrons. The number of halogens is 1. The number of nitrogens with zero attached hydrogens (tertiary/aromatic N) is 2. The van der Waals surface area contributed by atoms with E-state index in [0.717, 1.165) is 11.3 Å². The molecule has 0 heterocycles. The van der Waals surface area contributed by atoms with E-state index in [1.54, 1.807) is 18.2 Å². The van der Waals surface area contributed by atoms with Gasteiger partial charge in [-0.1, -0.05) is 12.1 Å². The van der Waals surface area contributed by atoms with Gasteiger partial charge in [0.05, 0.1) is 9.85 Å². The number of nitro groups is 2. The predicted octanol–water partition coefficient (Wildman–Crippen LogP) is 3.72. The number of hydrogen-bond acceptors (Lipinski definition) is 5. The molecule has 0 fully saturated rings. The van der Waals surface area contributed by atoms with Crippen LogP contribution in [-0.2, 0) is 6.54 Å². The summed E-state index contributed by atoms with van der Waals surface area (Å²) in [6.45, 7) is 0.398. The molecule has 8 heteroatoms. The molecular formula is C13H10IN3O4. The lowest BCUT2D eigenvalue weighted by Gasteiger charge is -2.08. The van der Waals surface area contributed by atoms with Crippen molar-refractivity contribution in [2.45, 2.75) is 6.54 Å². The van der Waals surface area contributed by atoms with E-state index in [9.17, 15) is 20.2 Å². The van der Waals surface area contributed by atoms with Crippen molar-refractivity contribution in [1.29, 1.82) is 0 Å². The highest BCUT2D eigenvalue weighted by Crippen LogP contribution is 2.24. The smallest absolute Gasteiger partial charge is 0.270 e. The van der Waals surface area contributed by atoms with E-state index in [4.69, 9.17) is 0 Å². The topological polar surface area (TPSA) is 98.3 Å². The lowest BCUT2D eigenvalue weighted by Crippen LogP contribution is -2.02. The van der Waals surface area contributed by atoms with Crippen molar-refractivity contribution in [3.05, 3.63) is 71.8 Å². The first-order valence-electron chi connectivity index (χ1n) is 5.88. The monoisotopic (exact) mass is 399 g/mol. The van der Waals surface area contributed by atoms with Crippen molar-refractivity contribution < 1.29 is 9.85 Å². The Hall–Kier alpha value is -2.23. The summed E-state index contributed by atoms with van der Waals surface area (Å²) in [5, 5.41) is 24.5. The van der Waals surface area contributed by atoms with E-state index in [2.05, 4.69) is 5.32 Å². The Morgan fingerprint density at radius 1 is 1.00 bits per heavy atom. The third-order valence-electron chi connectivity index (χ3n) is 2.77. The Labute approximate surface area is 133 Å². The van der Waals surface area contributed by atoms with Crippen LogP contribution in [0.1, 0.15) is 5.56 Å². The summed E-state index contributed by atoms with van der Waals surface area (Å²) >= 11 is 2.00. The van der Waals surface area contributed by atoms with E-state index >= 15 is 0 Å². The summed E-state index contributed by atoms with van der Waals surface area (Å²) in [6, 6.07) is 10.8. The number of benzene rings is 2. The van der Waals surface area contributed by atoms with Gasteiger partial charge in [0.25, 0.3) is 11.4 Å². The van der Waals surface area contributed by atoms with E-state index in [0.29, 0.717) is 10.1 Å². The normalized spacial score (nSPS) is 10.1. The first-order valence-corrected chi connectivity index (χ1v) is 6.96. The van der Waals surface area contributed by atoms with Crippen molar-refractivity contribution >= 4 is 39.7 Å². The van der Waals surface area contributed by atoms with Gasteiger partial charge >= 0.3 is 0 Å². The molecule has 2 aromatic rings. The second-order valence-corrected chi connectivity index (χ2v) is 5.36. The maximum absolute atomic E-state index is 10.7. The van der Waals surface area contributed by atoms with Gasteiger partial charge in [-0.25, -0.2) is 0 Å². The highest BCUT2D eigenvalue weighted by Gasteiger charge is 2.09. The van der Waals surface area contributed by atoms with E-state index in [-0.39, 0.29) is 11.4 Å². The number of hydrogen-bond donors (Lipinski definition) is 1. The van der Waals surface area contributed by atoms with Gasteiger partial charge in [0.1, 0.15) is 0 Å². The van der Waals surface area contributed by atoms with Gasteiger partial charge < -0.3 is 5.32 Å². The van der Waals surface area contributed by atoms with Crippen LogP contribution in [0.25, 0.3) is 0 Å². The molecule has 21 heavy (non-hydrogen) atoms. The highest BCUT2D eigenvalue weighted by atomic mass is 127. The van der Waals surface area contributed by atoms with Crippen LogP contribution in [0.15, 0.2) is 42.5 Å². The van der Waals surface area contributed by atoms with Crippen molar-refractivity contribution in [3.63, 3.8) is 0 Å². The van der Waals surface area contributed by atoms with Gasteiger partial charge in [0.15, 0.2) is 0 Å². The number of rotatable bonds is 5. The van der Waals surface area contributed by atoms with Gasteiger partial charge in [-0.2, -0.15) is 0 Å². The standard InChI is InChI=1S/C13H10IN3O4/c14-12-7-11(17(20)21)4-5-13(12)15-8-9-2-1-3-10(6-9)16(18)19/h1-7,15H,8H2. The molecule has 0 unspecified atom stereocenters. The minimum atomic E-state index is -0.452.